The molecule has 3 rings (SSSR count). The fraction of sp³-hybridized carbons (Fsp3) is 0.125. The fourth-order valence-corrected chi connectivity index (χ4v) is 3.81. The smallest absolute Gasteiger partial charge is 0.308 e. The molecule has 2 N–H and O–H groups in total. The van der Waals surface area contributed by atoms with Gasteiger partial charge in [-0.3, -0.25) is 10.1 Å². The van der Waals surface area contributed by atoms with E-state index in [1.807, 2.05) is 17.5 Å². The number of hydrogen-bond donors (Lipinski definition) is 2. The molecule has 0 spiro atoms. The number of thiophene rings is 1. The molecule has 0 saturated carbocycles. The molecule has 122 valence electrons. The summed E-state index contributed by atoms with van der Waals surface area (Å²) in [6.07, 6.45) is 1.48. The molecule has 24 heavy (non-hydrogen) atoms. The lowest BCUT2D eigenvalue weighted by atomic mass is 10.3. The number of aromatic nitrogens is 2. The number of fused-ring (bicyclic) bond motifs is 1. The van der Waals surface area contributed by atoms with E-state index < -0.39 is 11.3 Å². The second-order valence-electron chi connectivity index (χ2n) is 4.88. The Labute approximate surface area is 146 Å². The predicted molar refractivity (Wildman–Crippen MR) is 96.3 cm³/mol. The van der Waals surface area contributed by atoms with Gasteiger partial charge in [0.15, 0.2) is 0 Å². The molecule has 0 bridgehead atoms. The van der Waals surface area contributed by atoms with Gasteiger partial charge in [0.05, 0.1) is 15.5 Å². The molecule has 0 saturated heterocycles. The summed E-state index contributed by atoms with van der Waals surface area (Å²) < 4.78 is 0.941. The van der Waals surface area contributed by atoms with E-state index in [1.54, 1.807) is 31.2 Å². The van der Waals surface area contributed by atoms with Crippen LogP contribution in [0.15, 0.2) is 53.1 Å². The van der Waals surface area contributed by atoms with Crippen LogP contribution in [-0.4, -0.2) is 27.2 Å². The maximum absolute atomic E-state index is 12.2. The van der Waals surface area contributed by atoms with Crippen molar-refractivity contribution in [2.24, 2.45) is 0 Å². The highest BCUT2D eigenvalue weighted by Gasteiger charge is 2.19. The number of imide groups is 1. The standard InChI is InChI=1S/C16H14N4O2S2/c1-10(24-15-13-12(7-8-23-13)17-9-18-15)14(21)20-16(22)19-11-5-3-2-4-6-11/h2-10H,1H3,(H2,19,20,21,22)/t10-/m0/s1. The third kappa shape index (κ3) is 3.90. The molecule has 0 aliphatic heterocycles. The van der Waals surface area contributed by atoms with Crippen molar-refractivity contribution < 1.29 is 9.59 Å². The molecule has 8 heteroatoms. The van der Waals surface area contributed by atoms with Crippen molar-refractivity contribution in [3.8, 4) is 0 Å². The molecular formula is C16H14N4O2S2. The van der Waals surface area contributed by atoms with Gasteiger partial charge in [0.2, 0.25) is 5.91 Å². The van der Waals surface area contributed by atoms with E-state index >= 15 is 0 Å². The summed E-state index contributed by atoms with van der Waals surface area (Å²) >= 11 is 2.83. The minimum Gasteiger partial charge on any atom is -0.308 e. The topological polar surface area (TPSA) is 84.0 Å². The van der Waals surface area contributed by atoms with Crippen molar-refractivity contribution in [2.75, 3.05) is 5.32 Å². The lowest BCUT2D eigenvalue weighted by Crippen LogP contribution is -2.38. The number of carbonyl (C=O) groups excluding carboxylic acids is 2. The van der Waals surface area contributed by atoms with E-state index in [2.05, 4.69) is 20.6 Å². The molecule has 6 nitrogen and oxygen atoms in total. The van der Waals surface area contributed by atoms with Crippen LogP contribution >= 0.6 is 23.1 Å². The molecule has 0 unspecified atom stereocenters. The number of anilines is 1. The van der Waals surface area contributed by atoms with Gasteiger partial charge in [-0.15, -0.1) is 11.3 Å². The number of nitrogens with one attached hydrogen (secondary N) is 2. The van der Waals surface area contributed by atoms with E-state index in [0.717, 1.165) is 15.2 Å². The minimum absolute atomic E-state index is 0.378. The Morgan fingerprint density at radius 3 is 2.75 bits per heavy atom. The van der Waals surface area contributed by atoms with Crippen molar-refractivity contribution in [1.82, 2.24) is 15.3 Å². The second-order valence-corrected chi connectivity index (χ2v) is 7.13. The summed E-state index contributed by atoms with van der Waals surface area (Å²) in [4.78, 5) is 32.5. The van der Waals surface area contributed by atoms with Gasteiger partial charge in [-0.05, 0) is 30.5 Å². The number of hydrogen-bond acceptors (Lipinski definition) is 6. The number of amides is 3. The molecular weight excluding hydrogens is 344 g/mol. The molecule has 0 radical (unpaired) electrons. The molecule has 0 aliphatic rings. The quantitative estimate of drug-likeness (QED) is 0.551. The van der Waals surface area contributed by atoms with Crippen LogP contribution in [0.4, 0.5) is 10.5 Å². The van der Waals surface area contributed by atoms with Crippen LogP contribution < -0.4 is 10.6 Å². The first-order valence-electron chi connectivity index (χ1n) is 7.15. The Balaban J connectivity index is 1.60. The van der Waals surface area contributed by atoms with Gasteiger partial charge in [-0.2, -0.15) is 0 Å². The first-order chi connectivity index (χ1) is 11.6. The number of benzene rings is 1. The minimum atomic E-state index is -0.553. The highest BCUT2D eigenvalue weighted by molar-refractivity contribution is 8.00. The Morgan fingerprint density at radius 1 is 1.17 bits per heavy atom. The van der Waals surface area contributed by atoms with Crippen molar-refractivity contribution in [3.05, 3.63) is 48.1 Å². The van der Waals surface area contributed by atoms with Crippen molar-refractivity contribution >= 4 is 50.9 Å². The molecule has 3 amide bonds. The van der Waals surface area contributed by atoms with Crippen molar-refractivity contribution in [2.45, 2.75) is 17.2 Å². The Hall–Kier alpha value is -2.45. The summed E-state index contributed by atoms with van der Waals surface area (Å²) in [5, 5.41) is 7.16. The zero-order chi connectivity index (χ0) is 16.9. The van der Waals surface area contributed by atoms with E-state index in [9.17, 15) is 9.59 Å². The summed E-state index contributed by atoms with van der Waals surface area (Å²) in [6.45, 7) is 1.73. The van der Waals surface area contributed by atoms with Gasteiger partial charge in [-0.1, -0.05) is 30.0 Å². The SMILES string of the molecule is C[C@H](Sc1ncnc2ccsc12)C(=O)NC(=O)Nc1ccccc1. The molecule has 2 aromatic heterocycles. The van der Waals surface area contributed by atoms with Gasteiger partial charge in [0, 0.05) is 5.69 Å². The third-order valence-electron chi connectivity index (χ3n) is 3.14. The Bertz CT molecular complexity index is 867. The lowest BCUT2D eigenvalue weighted by Gasteiger charge is -2.11. The van der Waals surface area contributed by atoms with Gasteiger partial charge in [0.1, 0.15) is 11.4 Å². The Morgan fingerprint density at radius 2 is 1.96 bits per heavy atom. The third-order valence-corrected chi connectivity index (χ3v) is 5.28. The number of urea groups is 1. The molecule has 1 atom stereocenters. The molecule has 3 aromatic rings. The van der Waals surface area contributed by atoms with Crippen LogP contribution in [0.25, 0.3) is 10.2 Å². The Kier molecular flexibility index (Phi) is 5.07. The molecule has 0 fully saturated rings. The van der Waals surface area contributed by atoms with E-state index in [0.29, 0.717) is 5.69 Å². The number of carbonyl (C=O) groups is 2. The zero-order valence-corrected chi connectivity index (χ0v) is 14.4. The fourth-order valence-electron chi connectivity index (χ4n) is 1.97. The van der Waals surface area contributed by atoms with Crippen LogP contribution in [-0.2, 0) is 4.79 Å². The summed E-state index contributed by atoms with van der Waals surface area (Å²) in [5.74, 6) is -0.378. The van der Waals surface area contributed by atoms with Crippen LogP contribution in [0, 0.1) is 0 Å². The molecule has 0 aliphatic carbocycles. The maximum Gasteiger partial charge on any atom is 0.325 e. The van der Waals surface area contributed by atoms with Crippen LogP contribution in [0.1, 0.15) is 6.92 Å². The van der Waals surface area contributed by atoms with Crippen molar-refractivity contribution in [1.29, 1.82) is 0 Å². The number of para-hydroxylation sites is 1. The summed E-state index contributed by atoms with van der Waals surface area (Å²) in [7, 11) is 0. The molecule has 2 heterocycles. The predicted octanol–water partition coefficient (Wildman–Crippen LogP) is 3.52. The van der Waals surface area contributed by atoms with E-state index in [-0.39, 0.29) is 5.91 Å². The van der Waals surface area contributed by atoms with E-state index in [4.69, 9.17) is 0 Å². The average molecular weight is 358 g/mol. The second kappa shape index (κ2) is 7.41. The van der Waals surface area contributed by atoms with Crippen LogP contribution in [0.3, 0.4) is 0 Å². The number of thioether (sulfide) groups is 1. The first-order valence-corrected chi connectivity index (χ1v) is 8.91. The van der Waals surface area contributed by atoms with Crippen LogP contribution in [0.2, 0.25) is 0 Å². The largest absolute Gasteiger partial charge is 0.325 e. The lowest BCUT2D eigenvalue weighted by molar-refractivity contribution is -0.119. The van der Waals surface area contributed by atoms with Crippen molar-refractivity contribution in [3.63, 3.8) is 0 Å². The maximum atomic E-state index is 12.2. The van der Waals surface area contributed by atoms with Gasteiger partial charge in [0.25, 0.3) is 0 Å². The van der Waals surface area contributed by atoms with Crippen LogP contribution in [0.5, 0.6) is 0 Å². The van der Waals surface area contributed by atoms with Gasteiger partial charge in [-0.25, -0.2) is 14.8 Å². The highest BCUT2D eigenvalue weighted by atomic mass is 32.2. The average Bonchev–Trinajstić information content (AvgIpc) is 3.05. The monoisotopic (exact) mass is 358 g/mol. The summed E-state index contributed by atoms with van der Waals surface area (Å²) in [5.41, 5.74) is 1.48. The summed E-state index contributed by atoms with van der Waals surface area (Å²) in [6, 6.07) is 10.3. The first kappa shape index (κ1) is 16.4. The van der Waals surface area contributed by atoms with Gasteiger partial charge < -0.3 is 5.32 Å². The zero-order valence-electron chi connectivity index (χ0n) is 12.7. The van der Waals surface area contributed by atoms with Gasteiger partial charge >= 0.3 is 6.03 Å². The normalized spacial score (nSPS) is 11.9. The van der Waals surface area contributed by atoms with E-state index in [1.165, 1.54) is 29.4 Å². The number of nitrogens with zero attached hydrogens (tertiary/aromatic N) is 2. The molecule has 1 aromatic carbocycles. The highest BCUT2D eigenvalue weighted by Crippen LogP contribution is 2.31. The number of rotatable bonds is 4.